The molecule has 12 atom stereocenters. The van der Waals surface area contributed by atoms with Crippen molar-refractivity contribution < 1.29 is 14.2 Å². The summed E-state index contributed by atoms with van der Waals surface area (Å²) in [4.78, 5) is 0. The van der Waals surface area contributed by atoms with Crippen molar-refractivity contribution in [1.29, 1.82) is 0 Å². The minimum Gasteiger partial charge on any atom is -0.374 e. The zero-order valence-electron chi connectivity index (χ0n) is 17.7. The van der Waals surface area contributed by atoms with Crippen LogP contribution in [0.5, 0.6) is 0 Å². The summed E-state index contributed by atoms with van der Waals surface area (Å²) in [5.74, 6) is 5.82. The quantitative estimate of drug-likeness (QED) is 0.670. The third-order valence-corrected chi connectivity index (χ3v) is 8.54. The SMILES string of the molecule is CC(C)(C)OC1C2CC(C1OC(C)(C)C)C1C3OC(C4C5C=CC(C5)C34)C21. The molecule has 6 aliphatic rings. The summed E-state index contributed by atoms with van der Waals surface area (Å²) in [5, 5.41) is 0. The molecular weight excluding hydrogens is 336 g/mol. The summed E-state index contributed by atoms with van der Waals surface area (Å²) in [5.41, 5.74) is -0.249. The Morgan fingerprint density at radius 2 is 1.11 bits per heavy atom. The average molecular weight is 373 g/mol. The van der Waals surface area contributed by atoms with Crippen LogP contribution < -0.4 is 0 Å². The lowest BCUT2D eigenvalue weighted by Crippen LogP contribution is -2.55. The fourth-order valence-corrected chi connectivity index (χ4v) is 8.33. The molecule has 12 unspecified atom stereocenters. The van der Waals surface area contributed by atoms with Gasteiger partial charge in [-0.05, 0) is 102 Å². The van der Waals surface area contributed by atoms with Gasteiger partial charge in [-0.15, -0.1) is 0 Å². The second-order valence-electron chi connectivity index (χ2n) is 12.3. The third kappa shape index (κ3) is 2.31. The van der Waals surface area contributed by atoms with Crippen LogP contribution in [-0.4, -0.2) is 35.6 Å². The first kappa shape index (κ1) is 17.5. The molecule has 6 rings (SSSR count). The van der Waals surface area contributed by atoms with Crippen molar-refractivity contribution in [3.05, 3.63) is 12.2 Å². The van der Waals surface area contributed by atoms with Gasteiger partial charge >= 0.3 is 0 Å². The molecule has 6 bridgehead atoms. The molecule has 3 saturated carbocycles. The number of hydrogen-bond acceptors (Lipinski definition) is 3. The standard InChI is InChI=1S/C24H36O3/c1-23(2,3)26-19-13-10-14(20(19)27-24(4,5)6)18-17(13)21-15-11-7-8-12(9-11)16(15)22(18)25-21/h7-8,11-22H,9-10H2,1-6H3. The molecule has 27 heavy (non-hydrogen) atoms. The molecule has 0 radical (unpaired) electrons. The molecule has 3 nitrogen and oxygen atoms in total. The van der Waals surface area contributed by atoms with E-state index in [1.54, 1.807) is 0 Å². The van der Waals surface area contributed by atoms with Crippen LogP contribution in [0, 0.1) is 47.3 Å². The Morgan fingerprint density at radius 3 is 1.52 bits per heavy atom. The molecule has 0 aromatic rings. The van der Waals surface area contributed by atoms with Crippen LogP contribution in [0.1, 0.15) is 54.4 Å². The van der Waals surface area contributed by atoms with E-state index in [-0.39, 0.29) is 23.4 Å². The largest absolute Gasteiger partial charge is 0.374 e. The van der Waals surface area contributed by atoms with Gasteiger partial charge in [0.1, 0.15) is 0 Å². The minimum absolute atomic E-state index is 0.125. The lowest BCUT2D eigenvalue weighted by molar-refractivity contribution is -0.197. The predicted molar refractivity (Wildman–Crippen MR) is 104 cm³/mol. The summed E-state index contributed by atoms with van der Waals surface area (Å²) in [6.45, 7) is 13.2. The van der Waals surface area contributed by atoms with E-state index in [0.717, 1.165) is 23.7 Å². The highest BCUT2D eigenvalue weighted by molar-refractivity contribution is 5.27. The van der Waals surface area contributed by atoms with Gasteiger partial charge in [-0.1, -0.05) is 12.2 Å². The van der Waals surface area contributed by atoms with Gasteiger partial charge in [-0.25, -0.2) is 0 Å². The van der Waals surface area contributed by atoms with Crippen molar-refractivity contribution in [2.75, 3.05) is 0 Å². The van der Waals surface area contributed by atoms with E-state index in [9.17, 15) is 0 Å². The van der Waals surface area contributed by atoms with E-state index >= 15 is 0 Å². The van der Waals surface area contributed by atoms with Crippen LogP contribution in [0.4, 0.5) is 0 Å². The van der Waals surface area contributed by atoms with Gasteiger partial charge < -0.3 is 14.2 Å². The number of allylic oxidation sites excluding steroid dienone is 2. The first-order valence-electron chi connectivity index (χ1n) is 11.3. The number of rotatable bonds is 2. The molecule has 2 aliphatic heterocycles. The maximum atomic E-state index is 6.77. The highest BCUT2D eigenvalue weighted by Gasteiger charge is 2.75. The smallest absolute Gasteiger partial charge is 0.0878 e. The van der Waals surface area contributed by atoms with Gasteiger partial charge in [0, 0.05) is 0 Å². The molecule has 0 aromatic heterocycles. The lowest BCUT2D eigenvalue weighted by atomic mass is 9.60. The Morgan fingerprint density at radius 1 is 0.667 bits per heavy atom. The monoisotopic (exact) mass is 372 g/mol. The summed E-state index contributed by atoms with van der Waals surface area (Å²) >= 11 is 0. The molecule has 5 fully saturated rings. The Bertz CT molecular complexity index is 616. The van der Waals surface area contributed by atoms with Crippen molar-refractivity contribution >= 4 is 0 Å². The van der Waals surface area contributed by atoms with Crippen LogP contribution in [0.2, 0.25) is 0 Å². The van der Waals surface area contributed by atoms with Gasteiger partial charge in [0.05, 0.1) is 35.6 Å². The van der Waals surface area contributed by atoms with Gasteiger partial charge in [0.2, 0.25) is 0 Å². The molecule has 0 aromatic carbocycles. The Balaban J connectivity index is 1.34. The van der Waals surface area contributed by atoms with Gasteiger partial charge in [0.25, 0.3) is 0 Å². The van der Waals surface area contributed by atoms with Crippen molar-refractivity contribution in [1.82, 2.24) is 0 Å². The Labute approximate surface area is 164 Å². The number of hydrogen-bond donors (Lipinski definition) is 0. The minimum atomic E-state index is -0.125. The van der Waals surface area contributed by atoms with Gasteiger partial charge in [0.15, 0.2) is 0 Å². The highest BCUT2D eigenvalue weighted by atomic mass is 16.6. The molecule has 4 aliphatic carbocycles. The van der Waals surface area contributed by atoms with E-state index in [1.807, 2.05) is 0 Å². The maximum absolute atomic E-state index is 6.77. The van der Waals surface area contributed by atoms with Crippen LogP contribution in [-0.2, 0) is 14.2 Å². The normalized spacial score (nSPS) is 57.0. The van der Waals surface area contributed by atoms with Crippen molar-refractivity contribution in [3.63, 3.8) is 0 Å². The lowest BCUT2D eigenvalue weighted by Gasteiger charge is -2.48. The van der Waals surface area contributed by atoms with Crippen LogP contribution in [0.25, 0.3) is 0 Å². The van der Waals surface area contributed by atoms with Crippen LogP contribution in [0.15, 0.2) is 12.2 Å². The topological polar surface area (TPSA) is 27.7 Å². The maximum Gasteiger partial charge on any atom is 0.0878 e. The number of ether oxygens (including phenoxy) is 3. The average Bonchev–Trinajstić information content (AvgIpc) is 3.32. The molecule has 150 valence electrons. The fourth-order valence-electron chi connectivity index (χ4n) is 8.33. The van der Waals surface area contributed by atoms with E-state index in [0.29, 0.717) is 35.9 Å². The van der Waals surface area contributed by atoms with E-state index in [1.165, 1.54) is 12.8 Å². The molecule has 0 spiro atoms. The summed E-state index contributed by atoms with van der Waals surface area (Å²) in [7, 11) is 0. The third-order valence-electron chi connectivity index (χ3n) is 8.54. The van der Waals surface area contributed by atoms with E-state index in [2.05, 4.69) is 53.7 Å². The van der Waals surface area contributed by atoms with Crippen molar-refractivity contribution in [2.24, 2.45) is 47.3 Å². The molecule has 2 saturated heterocycles. The molecule has 0 N–H and O–H groups in total. The second kappa shape index (κ2) is 5.21. The first-order valence-corrected chi connectivity index (χ1v) is 11.3. The molecular formula is C24H36O3. The Hall–Kier alpha value is -0.380. The zero-order valence-corrected chi connectivity index (χ0v) is 17.7. The Kier molecular flexibility index (Phi) is 3.37. The first-order chi connectivity index (χ1) is 12.6. The summed E-state index contributed by atoms with van der Waals surface area (Å²) in [6.07, 6.45) is 9.12. The highest BCUT2D eigenvalue weighted by Crippen LogP contribution is 2.71. The van der Waals surface area contributed by atoms with Gasteiger partial charge in [-0.2, -0.15) is 0 Å². The predicted octanol–water partition coefficient (Wildman–Crippen LogP) is 4.46. The van der Waals surface area contributed by atoms with Crippen molar-refractivity contribution in [2.45, 2.75) is 90.0 Å². The fraction of sp³-hybridized carbons (Fsp3) is 0.917. The van der Waals surface area contributed by atoms with Crippen LogP contribution >= 0.6 is 0 Å². The summed E-state index contributed by atoms with van der Waals surface area (Å²) < 4.78 is 20.1. The summed E-state index contributed by atoms with van der Waals surface area (Å²) in [6, 6.07) is 0. The van der Waals surface area contributed by atoms with E-state index in [4.69, 9.17) is 14.2 Å². The van der Waals surface area contributed by atoms with Crippen LogP contribution in [0.3, 0.4) is 0 Å². The number of fused-ring (bicyclic) bond motifs is 16. The van der Waals surface area contributed by atoms with Crippen molar-refractivity contribution in [3.8, 4) is 0 Å². The molecule has 2 heterocycles. The van der Waals surface area contributed by atoms with E-state index < -0.39 is 0 Å². The molecule has 3 heteroatoms. The zero-order chi connectivity index (χ0) is 18.9. The molecule has 0 amide bonds. The second-order valence-corrected chi connectivity index (χ2v) is 12.3. The van der Waals surface area contributed by atoms with Gasteiger partial charge in [-0.3, -0.25) is 0 Å².